The number of carbonyl (C=O) groups is 2. The minimum Gasteiger partial charge on any atom is -0.361 e. The lowest BCUT2D eigenvalue weighted by Gasteiger charge is -2.32. The van der Waals surface area contributed by atoms with Crippen molar-refractivity contribution in [3.05, 3.63) is 138 Å². The van der Waals surface area contributed by atoms with Crippen LogP contribution < -0.4 is 0 Å². The van der Waals surface area contributed by atoms with E-state index < -0.39 is 31.9 Å². The third-order valence-corrected chi connectivity index (χ3v) is 11.3. The van der Waals surface area contributed by atoms with Crippen LogP contribution in [-0.4, -0.2) is 42.6 Å². The van der Waals surface area contributed by atoms with Crippen molar-refractivity contribution < 1.29 is 36.1 Å². The molecule has 0 saturated carbocycles. The molecule has 0 spiro atoms. The molecule has 4 aliphatic rings. The van der Waals surface area contributed by atoms with Crippen molar-refractivity contribution >= 4 is 31.9 Å². The molecule has 2 aliphatic heterocycles. The first-order valence-electron chi connectivity index (χ1n) is 14.1. The Balaban J connectivity index is 1.07. The zero-order chi connectivity index (χ0) is 31.3. The Morgan fingerprint density at radius 2 is 1.13 bits per heavy atom. The summed E-state index contributed by atoms with van der Waals surface area (Å²) >= 11 is 0. The molecule has 0 fully saturated rings. The molecule has 3 aromatic rings. The lowest BCUT2D eigenvalue weighted by atomic mass is 9.74. The summed E-state index contributed by atoms with van der Waals surface area (Å²) in [5.41, 5.74) is 0.947. The van der Waals surface area contributed by atoms with E-state index in [0.717, 1.165) is 5.69 Å². The normalized spacial score (nSPS) is 23.2. The first-order valence-corrected chi connectivity index (χ1v) is 17.0. The van der Waals surface area contributed by atoms with Gasteiger partial charge in [-0.2, -0.15) is 16.8 Å². The van der Waals surface area contributed by atoms with Crippen LogP contribution in [0.5, 0.6) is 0 Å². The maximum atomic E-state index is 12.9. The zero-order valence-corrected chi connectivity index (χ0v) is 25.1. The molecular weight excluding hydrogens is 618 g/mol. The molecule has 13 heteroatoms. The van der Waals surface area contributed by atoms with Gasteiger partial charge in [-0.15, -0.1) is 0 Å². The molecule has 0 bridgehead atoms. The topological polar surface area (TPSA) is 140 Å². The third-order valence-electron chi connectivity index (χ3n) is 8.09. The van der Waals surface area contributed by atoms with Gasteiger partial charge in [0.1, 0.15) is 9.79 Å². The van der Waals surface area contributed by atoms with E-state index in [1.165, 1.54) is 24.3 Å². The summed E-state index contributed by atoms with van der Waals surface area (Å²) in [4.78, 5) is 41.2. The number of nitrogens with zero attached hydrogens (tertiary/aromatic N) is 3. The van der Waals surface area contributed by atoms with Gasteiger partial charge in [0, 0.05) is 17.8 Å². The lowest BCUT2D eigenvalue weighted by Crippen LogP contribution is -2.31. The van der Waals surface area contributed by atoms with Crippen LogP contribution in [0, 0.1) is 11.8 Å². The number of hydrogen-bond acceptors (Lipinski definition) is 9. The Bertz CT molecular complexity index is 1940. The SMILES string of the molecule is O=C1c2ccccc2S(=O)(=O)N1OC1=CCC(C(c2ccccn2)C2C=CC(ON3C(=O)c4ccccc4S3(=O)=O)=CC2)C=C1. The Labute approximate surface area is 259 Å². The fourth-order valence-corrected chi connectivity index (χ4v) is 8.66. The van der Waals surface area contributed by atoms with Crippen LogP contribution in [0.3, 0.4) is 0 Å². The zero-order valence-electron chi connectivity index (χ0n) is 23.5. The average molecular weight is 644 g/mol. The number of allylic oxidation sites excluding steroid dienone is 6. The van der Waals surface area contributed by atoms with Crippen molar-refractivity contribution in [2.75, 3.05) is 0 Å². The smallest absolute Gasteiger partial charge is 0.304 e. The van der Waals surface area contributed by atoms with E-state index in [4.69, 9.17) is 9.68 Å². The number of rotatable bonds is 7. The predicted molar refractivity (Wildman–Crippen MR) is 159 cm³/mol. The van der Waals surface area contributed by atoms with E-state index in [1.54, 1.807) is 54.8 Å². The van der Waals surface area contributed by atoms with E-state index in [-0.39, 0.29) is 50.2 Å². The molecule has 45 heavy (non-hydrogen) atoms. The van der Waals surface area contributed by atoms with Gasteiger partial charge >= 0.3 is 11.8 Å². The molecule has 0 radical (unpaired) electrons. The molecule has 1 aromatic heterocycles. The Morgan fingerprint density at radius 1 is 0.667 bits per heavy atom. The van der Waals surface area contributed by atoms with Crippen molar-refractivity contribution in [1.29, 1.82) is 0 Å². The number of benzene rings is 2. The van der Waals surface area contributed by atoms with E-state index in [2.05, 4.69) is 4.98 Å². The second kappa shape index (κ2) is 10.9. The van der Waals surface area contributed by atoms with E-state index in [1.807, 2.05) is 30.4 Å². The van der Waals surface area contributed by atoms with Crippen LogP contribution in [0.25, 0.3) is 0 Å². The van der Waals surface area contributed by atoms with Crippen molar-refractivity contribution in [3.63, 3.8) is 0 Å². The molecule has 0 saturated heterocycles. The van der Waals surface area contributed by atoms with Crippen LogP contribution in [0.15, 0.2) is 131 Å². The van der Waals surface area contributed by atoms with Crippen LogP contribution in [0.2, 0.25) is 0 Å². The van der Waals surface area contributed by atoms with Gasteiger partial charge in [-0.05, 0) is 85.4 Å². The molecular formula is C32H25N3O8S2. The molecule has 7 rings (SSSR count). The van der Waals surface area contributed by atoms with Crippen LogP contribution in [-0.2, 0) is 29.7 Å². The minimum atomic E-state index is -4.14. The maximum absolute atomic E-state index is 12.9. The predicted octanol–water partition coefficient (Wildman–Crippen LogP) is 4.64. The van der Waals surface area contributed by atoms with Crippen molar-refractivity contribution in [2.45, 2.75) is 28.6 Å². The molecule has 2 aliphatic carbocycles. The number of sulfonamides is 2. The van der Waals surface area contributed by atoms with Crippen LogP contribution in [0.4, 0.5) is 0 Å². The van der Waals surface area contributed by atoms with Gasteiger partial charge in [-0.25, -0.2) is 0 Å². The van der Waals surface area contributed by atoms with Gasteiger partial charge in [0.25, 0.3) is 20.0 Å². The van der Waals surface area contributed by atoms with Crippen molar-refractivity contribution in [3.8, 4) is 0 Å². The summed E-state index contributed by atoms with van der Waals surface area (Å²) in [7, 11) is -8.28. The number of fused-ring (bicyclic) bond motifs is 2. The van der Waals surface area contributed by atoms with Crippen LogP contribution >= 0.6 is 0 Å². The molecule has 2 aromatic carbocycles. The highest BCUT2D eigenvalue weighted by molar-refractivity contribution is 7.90. The number of hydroxylamine groups is 2. The maximum Gasteiger partial charge on any atom is 0.304 e. The summed E-state index contributed by atoms with van der Waals surface area (Å²) in [6, 6.07) is 17.6. The standard InChI is InChI=1S/C32H25N3O8S2/c36-31-25-7-1-3-10-28(25)44(38,39)34(31)42-23-16-12-21(13-17-23)30(27-9-5-6-20-33-27)22-14-18-24(19-15-22)43-35-32(37)26-8-2-4-11-29(26)45(35,40)41/h1-12,14,16-22,30H,13,15H2. The van der Waals surface area contributed by atoms with Gasteiger partial charge in [0.2, 0.25) is 0 Å². The highest BCUT2D eigenvalue weighted by Gasteiger charge is 2.45. The molecule has 228 valence electrons. The van der Waals surface area contributed by atoms with Crippen molar-refractivity contribution in [2.24, 2.45) is 11.8 Å². The number of carbonyl (C=O) groups excluding carboxylic acids is 2. The van der Waals surface area contributed by atoms with Gasteiger partial charge in [0.15, 0.2) is 11.5 Å². The molecule has 2 unspecified atom stereocenters. The second-order valence-corrected chi connectivity index (χ2v) is 14.2. The monoisotopic (exact) mass is 643 g/mol. The molecule has 2 atom stereocenters. The van der Waals surface area contributed by atoms with Gasteiger partial charge in [0.05, 0.1) is 11.1 Å². The number of aromatic nitrogens is 1. The number of amides is 2. The number of pyridine rings is 1. The fourth-order valence-electron chi connectivity index (χ4n) is 5.93. The summed E-state index contributed by atoms with van der Waals surface area (Å²) in [6.07, 6.45) is 13.2. The number of hydrogen-bond donors (Lipinski definition) is 0. The molecule has 3 heterocycles. The van der Waals surface area contributed by atoms with Crippen LogP contribution in [0.1, 0.15) is 45.2 Å². The highest BCUT2D eigenvalue weighted by Crippen LogP contribution is 2.42. The fraction of sp³-hybridized carbons (Fsp3) is 0.156. The minimum absolute atomic E-state index is 0.0581. The second-order valence-electron chi connectivity index (χ2n) is 10.8. The summed E-state index contributed by atoms with van der Waals surface area (Å²) in [5.74, 6) is -1.33. The van der Waals surface area contributed by atoms with Gasteiger partial charge in [-0.1, -0.05) is 51.4 Å². The molecule has 11 nitrogen and oxygen atoms in total. The summed E-state index contributed by atoms with van der Waals surface area (Å²) < 4.78 is 52.5. The molecule has 2 amide bonds. The lowest BCUT2D eigenvalue weighted by molar-refractivity contribution is -0.0122. The van der Waals surface area contributed by atoms with Crippen molar-refractivity contribution in [1.82, 2.24) is 13.9 Å². The van der Waals surface area contributed by atoms with E-state index >= 15 is 0 Å². The summed E-state index contributed by atoms with van der Waals surface area (Å²) in [5, 5.41) is 0. The summed E-state index contributed by atoms with van der Waals surface area (Å²) in [6.45, 7) is 0. The Hall–Kier alpha value is -5.01. The Kier molecular flexibility index (Phi) is 6.94. The quantitative estimate of drug-likeness (QED) is 0.360. The van der Waals surface area contributed by atoms with E-state index in [9.17, 15) is 26.4 Å². The Morgan fingerprint density at radius 3 is 1.53 bits per heavy atom. The first kappa shape index (κ1) is 28.7. The van der Waals surface area contributed by atoms with Gasteiger partial charge < -0.3 is 9.68 Å². The van der Waals surface area contributed by atoms with Gasteiger partial charge in [-0.3, -0.25) is 14.6 Å². The third kappa shape index (κ3) is 4.84. The largest absolute Gasteiger partial charge is 0.361 e. The van der Waals surface area contributed by atoms with E-state index in [0.29, 0.717) is 21.8 Å². The first-order chi connectivity index (χ1) is 21.7. The average Bonchev–Trinajstić information content (AvgIpc) is 3.37. The molecule has 0 N–H and O–H groups in total. The highest BCUT2D eigenvalue weighted by atomic mass is 32.2.